The maximum absolute atomic E-state index is 13.1. The van der Waals surface area contributed by atoms with E-state index in [0.717, 1.165) is 12.2 Å². The van der Waals surface area contributed by atoms with E-state index in [-0.39, 0.29) is 24.5 Å². The van der Waals surface area contributed by atoms with Crippen molar-refractivity contribution < 1.29 is 23.4 Å². The summed E-state index contributed by atoms with van der Waals surface area (Å²) in [5.74, 6) is 0.202. The number of piperazine rings is 1. The molecule has 0 unspecified atom stereocenters. The van der Waals surface area contributed by atoms with E-state index in [1.54, 1.807) is 34.0 Å². The highest BCUT2D eigenvalue weighted by Crippen LogP contribution is 2.28. The Bertz CT molecular complexity index is 920. The summed E-state index contributed by atoms with van der Waals surface area (Å²) in [6.45, 7) is 3.89. The largest absolute Gasteiger partial charge is 0.508 e. The van der Waals surface area contributed by atoms with Crippen LogP contribution in [0.3, 0.4) is 0 Å². The predicted octanol–water partition coefficient (Wildman–Crippen LogP) is 1.03. The van der Waals surface area contributed by atoms with Crippen molar-refractivity contribution in [2.45, 2.75) is 16.4 Å². The number of aromatic hydroxyl groups is 1. The lowest BCUT2D eigenvalue weighted by Gasteiger charge is -2.45. The third-order valence-corrected chi connectivity index (χ3v) is 8.85. The maximum atomic E-state index is 13.1. The molecule has 2 atom stereocenters. The van der Waals surface area contributed by atoms with E-state index >= 15 is 0 Å². The second-order valence-electron chi connectivity index (χ2n) is 7.59. The van der Waals surface area contributed by atoms with Gasteiger partial charge in [-0.3, -0.25) is 4.90 Å². The van der Waals surface area contributed by atoms with Crippen LogP contribution in [0.4, 0.5) is 5.69 Å². The van der Waals surface area contributed by atoms with Crippen molar-refractivity contribution in [1.82, 2.24) is 9.21 Å². The molecule has 164 valence electrons. The Kier molecular flexibility index (Phi) is 6.61. The van der Waals surface area contributed by atoms with Crippen LogP contribution in [0, 0.1) is 0 Å². The van der Waals surface area contributed by atoms with Crippen molar-refractivity contribution in [3.8, 4) is 5.75 Å². The van der Waals surface area contributed by atoms with Gasteiger partial charge in [-0.15, -0.1) is 11.3 Å². The molecule has 2 fully saturated rings. The number of rotatable bonds is 6. The smallest absolute Gasteiger partial charge is 0.252 e. The molecule has 0 saturated carbocycles. The maximum Gasteiger partial charge on any atom is 0.252 e. The highest BCUT2D eigenvalue weighted by atomic mass is 32.2. The molecular weight excluding hydrogens is 426 g/mol. The molecule has 0 radical (unpaired) electrons. The molecule has 2 aliphatic rings. The van der Waals surface area contributed by atoms with Gasteiger partial charge in [-0.2, -0.15) is 4.31 Å². The zero-order valence-corrected chi connectivity index (χ0v) is 18.3. The minimum atomic E-state index is -3.52. The van der Waals surface area contributed by atoms with Gasteiger partial charge >= 0.3 is 0 Å². The van der Waals surface area contributed by atoms with Crippen molar-refractivity contribution in [2.75, 3.05) is 57.4 Å². The Morgan fingerprint density at radius 3 is 2.60 bits per heavy atom. The Morgan fingerprint density at radius 1 is 1.10 bits per heavy atom. The second kappa shape index (κ2) is 9.21. The first-order valence-corrected chi connectivity index (χ1v) is 12.3. The minimum absolute atomic E-state index is 0.0261. The number of aliphatic hydroxyl groups excluding tert-OH is 1. The molecule has 3 heterocycles. The second-order valence-corrected chi connectivity index (χ2v) is 10.7. The third-order valence-electron chi connectivity index (χ3n) is 5.61. The lowest BCUT2D eigenvalue weighted by molar-refractivity contribution is -0.0545. The highest BCUT2D eigenvalue weighted by molar-refractivity contribution is 7.91. The number of morpholine rings is 1. The van der Waals surface area contributed by atoms with Crippen molar-refractivity contribution in [3.05, 3.63) is 41.8 Å². The van der Waals surface area contributed by atoms with Gasteiger partial charge in [0.15, 0.2) is 0 Å². The molecular formula is C20H27N3O5S2. The molecule has 0 spiro atoms. The van der Waals surface area contributed by atoms with Gasteiger partial charge in [0.25, 0.3) is 10.0 Å². The monoisotopic (exact) mass is 453 g/mol. The molecule has 0 amide bonds. The molecule has 2 saturated heterocycles. The summed E-state index contributed by atoms with van der Waals surface area (Å²) in [5.41, 5.74) is 0.956. The summed E-state index contributed by atoms with van der Waals surface area (Å²) >= 11 is 1.24. The van der Waals surface area contributed by atoms with Crippen molar-refractivity contribution in [2.24, 2.45) is 0 Å². The summed E-state index contributed by atoms with van der Waals surface area (Å²) in [7, 11) is -3.52. The average molecular weight is 454 g/mol. The fourth-order valence-corrected chi connectivity index (χ4v) is 6.69. The molecule has 2 aliphatic heterocycles. The van der Waals surface area contributed by atoms with Crippen LogP contribution in [0.1, 0.15) is 0 Å². The topological polar surface area (TPSA) is 93.6 Å². The van der Waals surface area contributed by atoms with Crippen LogP contribution in [-0.4, -0.2) is 92.5 Å². The Morgan fingerprint density at radius 2 is 1.90 bits per heavy atom. The molecule has 2 aromatic rings. The molecule has 8 nitrogen and oxygen atoms in total. The number of aliphatic hydroxyl groups is 1. The number of benzene rings is 1. The number of thiophene rings is 1. The van der Waals surface area contributed by atoms with Crippen LogP contribution in [0.15, 0.2) is 46.0 Å². The van der Waals surface area contributed by atoms with Gasteiger partial charge in [-0.25, -0.2) is 8.42 Å². The predicted molar refractivity (Wildman–Crippen MR) is 116 cm³/mol. The number of phenols is 1. The van der Waals surface area contributed by atoms with E-state index < -0.39 is 10.0 Å². The zero-order chi connectivity index (χ0) is 21.1. The van der Waals surface area contributed by atoms with E-state index in [1.165, 1.54) is 11.3 Å². The molecule has 4 rings (SSSR count). The van der Waals surface area contributed by atoms with Gasteiger partial charge in [0.2, 0.25) is 0 Å². The SMILES string of the molecule is O=S(=O)(c1cccs1)N1CCN(c2ccc(O)cc2)[C@H](CN2CCO[C@H](CO)C2)C1. The fraction of sp³-hybridized carbons (Fsp3) is 0.500. The van der Waals surface area contributed by atoms with Crippen LogP contribution in [0.5, 0.6) is 5.75 Å². The normalized spacial score (nSPS) is 24.2. The van der Waals surface area contributed by atoms with Crippen molar-refractivity contribution in [3.63, 3.8) is 0 Å². The number of phenolic OH excluding ortho intramolecular Hbond substituents is 1. The van der Waals surface area contributed by atoms with Gasteiger partial charge in [-0.1, -0.05) is 6.07 Å². The Hall–Kier alpha value is -1.69. The number of ether oxygens (including phenoxy) is 1. The van der Waals surface area contributed by atoms with Crippen LogP contribution in [0.2, 0.25) is 0 Å². The van der Waals surface area contributed by atoms with Gasteiger partial charge in [0, 0.05) is 45.0 Å². The summed E-state index contributed by atoms with van der Waals surface area (Å²) < 4.78 is 33.7. The highest BCUT2D eigenvalue weighted by Gasteiger charge is 2.36. The van der Waals surface area contributed by atoms with E-state index in [4.69, 9.17) is 4.74 Å². The van der Waals surface area contributed by atoms with Gasteiger partial charge < -0.3 is 19.8 Å². The van der Waals surface area contributed by atoms with Crippen LogP contribution in [0.25, 0.3) is 0 Å². The summed E-state index contributed by atoms with van der Waals surface area (Å²) in [6.07, 6.45) is -0.213. The number of anilines is 1. The van der Waals surface area contributed by atoms with E-state index in [9.17, 15) is 18.6 Å². The Balaban J connectivity index is 1.56. The lowest BCUT2D eigenvalue weighted by atomic mass is 10.1. The van der Waals surface area contributed by atoms with Gasteiger partial charge in [0.05, 0.1) is 25.4 Å². The van der Waals surface area contributed by atoms with Crippen molar-refractivity contribution in [1.29, 1.82) is 0 Å². The quantitative estimate of drug-likeness (QED) is 0.675. The number of hydrogen-bond donors (Lipinski definition) is 2. The summed E-state index contributed by atoms with van der Waals surface area (Å²) in [5, 5.41) is 20.9. The van der Waals surface area contributed by atoms with Gasteiger partial charge in [-0.05, 0) is 35.7 Å². The molecule has 0 bridgehead atoms. The molecule has 30 heavy (non-hydrogen) atoms. The first-order chi connectivity index (χ1) is 14.5. The average Bonchev–Trinajstić information content (AvgIpc) is 3.30. The molecule has 1 aromatic carbocycles. The first kappa shape index (κ1) is 21.5. The molecule has 0 aliphatic carbocycles. The summed E-state index contributed by atoms with van der Waals surface area (Å²) in [4.78, 5) is 4.44. The summed E-state index contributed by atoms with van der Waals surface area (Å²) in [6, 6.07) is 10.4. The molecule has 1 aromatic heterocycles. The molecule has 10 heteroatoms. The fourth-order valence-electron chi connectivity index (χ4n) is 4.08. The molecule has 2 N–H and O–H groups in total. The third kappa shape index (κ3) is 4.63. The van der Waals surface area contributed by atoms with E-state index in [2.05, 4.69) is 9.80 Å². The van der Waals surface area contributed by atoms with Crippen molar-refractivity contribution >= 4 is 27.0 Å². The number of sulfonamides is 1. The zero-order valence-electron chi connectivity index (χ0n) is 16.6. The first-order valence-electron chi connectivity index (χ1n) is 10.0. The minimum Gasteiger partial charge on any atom is -0.508 e. The van der Waals surface area contributed by atoms with Crippen LogP contribution >= 0.6 is 11.3 Å². The Labute approximate surface area is 181 Å². The number of hydrogen-bond acceptors (Lipinski definition) is 8. The number of nitrogens with zero attached hydrogens (tertiary/aromatic N) is 3. The standard InChI is InChI=1S/C20H27N3O5S2/c24-15-19-14-21(9-10-28-19)12-17-13-22(30(26,27)20-2-1-11-29-20)7-8-23(17)16-3-5-18(25)6-4-16/h1-6,11,17,19,24-25H,7-10,12-15H2/t17-,19+/m1/s1. The van der Waals surface area contributed by atoms with Crippen LogP contribution < -0.4 is 4.90 Å². The van der Waals surface area contributed by atoms with E-state index in [0.29, 0.717) is 43.5 Å². The van der Waals surface area contributed by atoms with Crippen LogP contribution in [-0.2, 0) is 14.8 Å². The van der Waals surface area contributed by atoms with Gasteiger partial charge in [0.1, 0.15) is 9.96 Å². The van der Waals surface area contributed by atoms with E-state index in [1.807, 2.05) is 12.1 Å². The lowest BCUT2D eigenvalue weighted by Crippen LogP contribution is -2.59.